The zero-order chi connectivity index (χ0) is 16.2. The Bertz CT molecular complexity index is 970. The number of hydrogen-bond donors (Lipinski definition) is 1. The maximum Gasteiger partial charge on any atom is 0.328 e. The SMILES string of the molecule is CC1(C)Cc2c(sc3ncn4nc(C=CC(=O)O)nc4c23)CO1. The molecular formula is C15H14N4O3S. The lowest BCUT2D eigenvalue weighted by molar-refractivity contribution is -0.131. The minimum absolute atomic E-state index is 0.222. The first-order valence-electron chi connectivity index (χ1n) is 7.13. The summed E-state index contributed by atoms with van der Waals surface area (Å²) >= 11 is 1.61. The molecule has 0 bridgehead atoms. The van der Waals surface area contributed by atoms with Crippen molar-refractivity contribution >= 4 is 39.2 Å². The van der Waals surface area contributed by atoms with Gasteiger partial charge in [-0.05, 0) is 25.5 Å². The van der Waals surface area contributed by atoms with Gasteiger partial charge in [-0.25, -0.2) is 19.3 Å². The van der Waals surface area contributed by atoms with E-state index in [0.29, 0.717) is 18.1 Å². The lowest BCUT2D eigenvalue weighted by atomic mass is 9.94. The Morgan fingerprint density at radius 1 is 1.52 bits per heavy atom. The highest BCUT2D eigenvalue weighted by molar-refractivity contribution is 7.19. The Kier molecular flexibility index (Phi) is 3.00. The van der Waals surface area contributed by atoms with Crippen LogP contribution in [0.25, 0.3) is 21.9 Å². The summed E-state index contributed by atoms with van der Waals surface area (Å²) in [6.45, 7) is 4.71. The van der Waals surface area contributed by atoms with Crippen LogP contribution in [0.3, 0.4) is 0 Å². The first-order chi connectivity index (χ1) is 10.9. The van der Waals surface area contributed by atoms with E-state index in [4.69, 9.17) is 9.84 Å². The molecule has 0 fully saturated rings. The third kappa shape index (κ3) is 2.40. The molecule has 0 atom stereocenters. The van der Waals surface area contributed by atoms with Gasteiger partial charge < -0.3 is 9.84 Å². The van der Waals surface area contributed by atoms with Gasteiger partial charge in [-0.2, -0.15) is 0 Å². The molecule has 1 aliphatic heterocycles. The second-order valence-electron chi connectivity index (χ2n) is 6.06. The smallest absolute Gasteiger partial charge is 0.328 e. The van der Waals surface area contributed by atoms with Gasteiger partial charge in [0.1, 0.15) is 11.2 Å². The zero-order valence-corrected chi connectivity index (χ0v) is 13.4. The Hall–Kier alpha value is -2.32. The number of hydrogen-bond acceptors (Lipinski definition) is 6. The number of aliphatic carboxylic acids is 1. The van der Waals surface area contributed by atoms with Gasteiger partial charge in [0.05, 0.1) is 17.6 Å². The Balaban J connectivity index is 1.94. The number of carbonyl (C=O) groups is 1. The number of rotatable bonds is 2. The fraction of sp³-hybridized carbons (Fsp3) is 0.333. The standard InChI is InChI=1S/C15H14N4O3S/c1-15(2)5-8-9(6-22-15)23-14-12(8)13-17-10(3-4-11(20)21)18-19(13)7-16-14/h3-4,7H,5-6H2,1-2H3,(H,20,21). The number of aromatic nitrogens is 4. The van der Waals surface area contributed by atoms with E-state index >= 15 is 0 Å². The summed E-state index contributed by atoms with van der Waals surface area (Å²) in [7, 11) is 0. The quantitative estimate of drug-likeness (QED) is 0.725. The monoisotopic (exact) mass is 330 g/mol. The predicted molar refractivity (Wildman–Crippen MR) is 85.4 cm³/mol. The molecule has 0 aromatic carbocycles. The highest BCUT2D eigenvalue weighted by atomic mass is 32.1. The minimum atomic E-state index is -1.03. The van der Waals surface area contributed by atoms with E-state index in [1.807, 2.05) is 0 Å². The fourth-order valence-corrected chi connectivity index (χ4v) is 3.84. The molecule has 4 rings (SSSR count). The molecule has 3 aromatic rings. The Morgan fingerprint density at radius 2 is 2.35 bits per heavy atom. The van der Waals surface area contributed by atoms with Crippen molar-refractivity contribution in [2.45, 2.75) is 32.5 Å². The van der Waals surface area contributed by atoms with Crippen LogP contribution < -0.4 is 0 Å². The number of ether oxygens (including phenoxy) is 1. The molecule has 3 aromatic heterocycles. The number of carboxylic acids is 1. The molecule has 0 spiro atoms. The van der Waals surface area contributed by atoms with E-state index in [1.165, 1.54) is 16.5 Å². The summed E-state index contributed by atoms with van der Waals surface area (Å²) in [5, 5.41) is 14.0. The third-order valence-electron chi connectivity index (χ3n) is 3.80. The average Bonchev–Trinajstić information content (AvgIpc) is 3.03. The van der Waals surface area contributed by atoms with E-state index in [2.05, 4.69) is 28.9 Å². The second-order valence-corrected chi connectivity index (χ2v) is 7.15. The van der Waals surface area contributed by atoms with Crippen LogP contribution >= 0.6 is 11.3 Å². The normalized spacial score (nSPS) is 17.1. The highest BCUT2D eigenvalue weighted by Crippen LogP contribution is 2.39. The highest BCUT2D eigenvalue weighted by Gasteiger charge is 2.30. The van der Waals surface area contributed by atoms with Gasteiger partial charge in [-0.1, -0.05) is 0 Å². The van der Waals surface area contributed by atoms with Crippen molar-refractivity contribution in [2.24, 2.45) is 0 Å². The van der Waals surface area contributed by atoms with Crippen molar-refractivity contribution in [1.82, 2.24) is 19.6 Å². The molecule has 7 nitrogen and oxygen atoms in total. The van der Waals surface area contributed by atoms with E-state index in [1.54, 1.807) is 22.2 Å². The van der Waals surface area contributed by atoms with Gasteiger partial charge in [0.2, 0.25) is 0 Å². The lowest BCUT2D eigenvalue weighted by Crippen LogP contribution is -2.31. The molecule has 1 aliphatic rings. The number of carboxylic acid groups (broad SMARTS) is 1. The van der Waals surface area contributed by atoms with Crippen LogP contribution in [0.5, 0.6) is 0 Å². The van der Waals surface area contributed by atoms with Crippen LogP contribution in [0, 0.1) is 0 Å². The zero-order valence-electron chi connectivity index (χ0n) is 12.6. The van der Waals surface area contributed by atoms with Gasteiger partial charge in [0, 0.05) is 17.4 Å². The third-order valence-corrected chi connectivity index (χ3v) is 4.91. The lowest BCUT2D eigenvalue weighted by Gasteiger charge is -2.30. The van der Waals surface area contributed by atoms with Crippen molar-refractivity contribution in [3.05, 3.63) is 28.7 Å². The summed E-state index contributed by atoms with van der Waals surface area (Å²) in [5.74, 6) is -0.674. The number of thiophene rings is 1. The largest absolute Gasteiger partial charge is 0.478 e. The van der Waals surface area contributed by atoms with Crippen molar-refractivity contribution in [3.63, 3.8) is 0 Å². The molecule has 0 saturated heterocycles. The van der Waals surface area contributed by atoms with Crippen LogP contribution in [0.15, 0.2) is 12.4 Å². The average molecular weight is 330 g/mol. The second kappa shape index (κ2) is 4.84. The molecule has 0 unspecified atom stereocenters. The molecule has 8 heteroatoms. The molecule has 0 radical (unpaired) electrons. The molecule has 1 N–H and O–H groups in total. The van der Waals surface area contributed by atoms with E-state index in [-0.39, 0.29) is 5.60 Å². The molecule has 0 amide bonds. The van der Waals surface area contributed by atoms with Gasteiger partial charge >= 0.3 is 5.97 Å². The van der Waals surface area contributed by atoms with E-state index in [0.717, 1.165) is 22.7 Å². The van der Waals surface area contributed by atoms with Gasteiger partial charge in [-0.15, -0.1) is 16.4 Å². The molecule has 0 aliphatic carbocycles. The van der Waals surface area contributed by atoms with E-state index < -0.39 is 5.97 Å². The van der Waals surface area contributed by atoms with Crippen molar-refractivity contribution in [3.8, 4) is 0 Å². The fourth-order valence-electron chi connectivity index (χ4n) is 2.77. The first kappa shape index (κ1) is 14.3. The number of nitrogens with zero attached hydrogens (tertiary/aromatic N) is 4. The molecule has 23 heavy (non-hydrogen) atoms. The van der Waals surface area contributed by atoms with Crippen LogP contribution in [0.1, 0.15) is 30.1 Å². The summed E-state index contributed by atoms with van der Waals surface area (Å²) in [6, 6.07) is 0. The van der Waals surface area contributed by atoms with Crippen LogP contribution in [0.2, 0.25) is 0 Å². The van der Waals surface area contributed by atoms with Crippen molar-refractivity contribution < 1.29 is 14.6 Å². The molecule has 0 saturated carbocycles. The van der Waals surface area contributed by atoms with Crippen molar-refractivity contribution in [2.75, 3.05) is 0 Å². The first-order valence-corrected chi connectivity index (χ1v) is 7.95. The Labute approximate surface area is 135 Å². The summed E-state index contributed by atoms with van der Waals surface area (Å²) in [5.41, 5.74) is 1.69. The molecule has 4 heterocycles. The van der Waals surface area contributed by atoms with Crippen molar-refractivity contribution in [1.29, 1.82) is 0 Å². The van der Waals surface area contributed by atoms with Crippen LogP contribution in [-0.4, -0.2) is 36.3 Å². The molecule has 118 valence electrons. The van der Waals surface area contributed by atoms with E-state index in [9.17, 15) is 4.79 Å². The van der Waals surface area contributed by atoms with Gasteiger partial charge in [-0.3, -0.25) is 0 Å². The topological polar surface area (TPSA) is 89.6 Å². The maximum absolute atomic E-state index is 10.6. The summed E-state index contributed by atoms with van der Waals surface area (Å²) < 4.78 is 7.46. The Morgan fingerprint density at radius 3 is 3.13 bits per heavy atom. The maximum atomic E-state index is 10.6. The summed E-state index contributed by atoms with van der Waals surface area (Å²) in [4.78, 5) is 21.6. The van der Waals surface area contributed by atoms with Crippen LogP contribution in [-0.2, 0) is 22.6 Å². The van der Waals surface area contributed by atoms with Crippen LogP contribution in [0.4, 0.5) is 0 Å². The molecular weight excluding hydrogens is 316 g/mol. The number of fused-ring (bicyclic) bond motifs is 5. The minimum Gasteiger partial charge on any atom is -0.478 e. The van der Waals surface area contributed by atoms with Gasteiger partial charge in [0.15, 0.2) is 11.5 Å². The summed E-state index contributed by atoms with van der Waals surface area (Å²) in [6.07, 6.45) is 4.81. The predicted octanol–water partition coefficient (Wildman–Crippen LogP) is 2.29. The van der Waals surface area contributed by atoms with Gasteiger partial charge in [0.25, 0.3) is 0 Å².